The van der Waals surface area contributed by atoms with Crippen molar-refractivity contribution < 1.29 is 19.5 Å². The summed E-state index contributed by atoms with van der Waals surface area (Å²) >= 11 is 2.85. The maximum atomic E-state index is 12.3. The summed E-state index contributed by atoms with van der Waals surface area (Å²) in [4.78, 5) is 36.6. The number of thioether (sulfide) groups is 2. The van der Waals surface area contributed by atoms with Gasteiger partial charge in [-0.25, -0.2) is 4.79 Å². The summed E-state index contributed by atoms with van der Waals surface area (Å²) in [5, 5.41) is 13.7. The Morgan fingerprint density at radius 1 is 1.50 bits per heavy atom. The first-order chi connectivity index (χ1) is 10.4. The van der Waals surface area contributed by atoms with Gasteiger partial charge in [0.05, 0.1) is 12.0 Å². The van der Waals surface area contributed by atoms with Crippen LogP contribution in [0.1, 0.15) is 20.3 Å². The van der Waals surface area contributed by atoms with E-state index in [0.717, 1.165) is 0 Å². The predicted molar refractivity (Wildman–Crippen MR) is 86.9 cm³/mol. The zero-order valence-corrected chi connectivity index (χ0v) is 14.2. The standard InChI is InChI=1S/C14H18N2O4S2/c1-7(21-3)11-9-6-10(22-5-4-15-8(2)17)12(14(19)20)16(9)13(11)18/h4-5,7,9,11H,6H2,1-3H3,(H,15,17)(H,19,20)/b5-4+/t7-,9-,11-/m1/s1. The molecule has 2 heterocycles. The Labute approximate surface area is 137 Å². The molecule has 0 radical (unpaired) electrons. The smallest absolute Gasteiger partial charge is 0.353 e. The number of carboxylic acid groups (broad SMARTS) is 1. The highest BCUT2D eigenvalue weighted by Crippen LogP contribution is 2.48. The number of nitrogens with zero attached hydrogens (tertiary/aromatic N) is 1. The van der Waals surface area contributed by atoms with Gasteiger partial charge in [0.15, 0.2) is 0 Å². The Bertz CT molecular complexity index is 573. The van der Waals surface area contributed by atoms with Gasteiger partial charge in [-0.15, -0.1) is 0 Å². The summed E-state index contributed by atoms with van der Waals surface area (Å²) in [7, 11) is 0. The van der Waals surface area contributed by atoms with Crippen LogP contribution in [0.5, 0.6) is 0 Å². The number of rotatable bonds is 6. The number of aliphatic carboxylic acids is 1. The molecule has 1 saturated heterocycles. The number of carbonyl (C=O) groups is 3. The lowest BCUT2D eigenvalue weighted by molar-refractivity contribution is -0.154. The summed E-state index contributed by atoms with van der Waals surface area (Å²) in [5.41, 5.74) is 0.0806. The normalized spacial score (nSPS) is 25.2. The number of hydrogen-bond donors (Lipinski definition) is 2. The van der Waals surface area contributed by atoms with Gasteiger partial charge >= 0.3 is 5.97 Å². The molecule has 120 valence electrons. The van der Waals surface area contributed by atoms with Gasteiger partial charge in [-0.1, -0.05) is 18.7 Å². The first kappa shape index (κ1) is 17.0. The third kappa shape index (κ3) is 3.03. The molecule has 2 amide bonds. The Morgan fingerprint density at radius 3 is 2.73 bits per heavy atom. The second-order valence-electron chi connectivity index (χ2n) is 5.14. The van der Waals surface area contributed by atoms with Gasteiger partial charge in [0.25, 0.3) is 0 Å². The highest BCUT2D eigenvalue weighted by molar-refractivity contribution is 8.05. The van der Waals surface area contributed by atoms with Gasteiger partial charge in [-0.05, 0) is 11.7 Å². The molecule has 2 rings (SSSR count). The molecule has 0 bridgehead atoms. The van der Waals surface area contributed by atoms with Gasteiger partial charge in [0, 0.05) is 29.7 Å². The summed E-state index contributed by atoms with van der Waals surface area (Å²) in [6.45, 7) is 3.39. The maximum Gasteiger partial charge on any atom is 0.353 e. The highest BCUT2D eigenvalue weighted by atomic mass is 32.2. The average Bonchev–Trinajstić information content (AvgIpc) is 2.78. The summed E-state index contributed by atoms with van der Waals surface area (Å²) in [6, 6.07) is -0.0577. The minimum Gasteiger partial charge on any atom is -0.477 e. The van der Waals surface area contributed by atoms with Gasteiger partial charge < -0.3 is 15.3 Å². The van der Waals surface area contributed by atoms with Crippen LogP contribution in [0, 0.1) is 5.92 Å². The van der Waals surface area contributed by atoms with E-state index in [1.165, 1.54) is 29.8 Å². The molecule has 2 aliphatic heterocycles. The first-order valence-electron chi connectivity index (χ1n) is 6.79. The molecule has 0 aromatic rings. The van der Waals surface area contributed by atoms with Crippen molar-refractivity contribution in [1.29, 1.82) is 0 Å². The van der Waals surface area contributed by atoms with Crippen LogP contribution in [0.4, 0.5) is 0 Å². The fourth-order valence-corrected chi connectivity index (χ4v) is 4.19. The molecule has 0 saturated carbocycles. The molecule has 22 heavy (non-hydrogen) atoms. The van der Waals surface area contributed by atoms with E-state index in [9.17, 15) is 19.5 Å². The van der Waals surface area contributed by atoms with Crippen molar-refractivity contribution in [3.05, 3.63) is 22.2 Å². The summed E-state index contributed by atoms with van der Waals surface area (Å²) < 4.78 is 0. The quantitative estimate of drug-likeness (QED) is 0.713. The topological polar surface area (TPSA) is 86.7 Å². The number of carboxylic acids is 1. The largest absolute Gasteiger partial charge is 0.477 e. The second-order valence-corrected chi connectivity index (χ2v) is 7.36. The van der Waals surface area contributed by atoms with Crippen molar-refractivity contribution in [2.45, 2.75) is 31.6 Å². The van der Waals surface area contributed by atoms with Gasteiger partial charge in [-0.2, -0.15) is 11.8 Å². The SMILES string of the molecule is CS[C@H](C)[C@H]1C(=O)N2C(C(=O)O)=C(S/C=C/NC(C)=O)C[C@H]12. The average molecular weight is 342 g/mol. The fourth-order valence-electron chi connectivity index (χ4n) is 2.74. The molecular formula is C14H18N2O4S2. The van der Waals surface area contributed by atoms with E-state index in [-0.39, 0.29) is 34.7 Å². The lowest BCUT2D eigenvalue weighted by Crippen LogP contribution is -2.61. The number of hydrogen-bond acceptors (Lipinski definition) is 5. The lowest BCUT2D eigenvalue weighted by atomic mass is 9.85. The van der Waals surface area contributed by atoms with E-state index in [1.54, 1.807) is 17.2 Å². The molecule has 2 N–H and O–H groups in total. The van der Waals surface area contributed by atoms with Crippen LogP contribution >= 0.6 is 23.5 Å². The number of amides is 2. The van der Waals surface area contributed by atoms with E-state index in [1.807, 2.05) is 13.2 Å². The van der Waals surface area contributed by atoms with Crippen molar-refractivity contribution in [2.75, 3.05) is 6.26 Å². The molecule has 0 unspecified atom stereocenters. The fraction of sp³-hybridized carbons (Fsp3) is 0.500. The van der Waals surface area contributed by atoms with Crippen molar-refractivity contribution >= 4 is 41.3 Å². The zero-order chi connectivity index (χ0) is 16.4. The molecule has 0 spiro atoms. The molecule has 6 nitrogen and oxygen atoms in total. The summed E-state index contributed by atoms with van der Waals surface area (Å²) in [6.07, 6.45) is 3.98. The highest BCUT2D eigenvalue weighted by Gasteiger charge is 2.56. The minimum absolute atomic E-state index is 0.0577. The van der Waals surface area contributed by atoms with Crippen molar-refractivity contribution in [3.63, 3.8) is 0 Å². The molecule has 2 aliphatic rings. The Hall–Kier alpha value is -1.41. The zero-order valence-electron chi connectivity index (χ0n) is 12.5. The number of carbonyl (C=O) groups excluding carboxylic acids is 2. The van der Waals surface area contributed by atoms with Crippen LogP contribution in [0.2, 0.25) is 0 Å². The van der Waals surface area contributed by atoms with E-state index >= 15 is 0 Å². The van der Waals surface area contributed by atoms with Gasteiger partial charge in [0.1, 0.15) is 5.70 Å². The van der Waals surface area contributed by atoms with Crippen LogP contribution in [-0.4, -0.2) is 45.3 Å². The van der Waals surface area contributed by atoms with E-state index in [2.05, 4.69) is 5.32 Å². The van der Waals surface area contributed by atoms with Crippen molar-refractivity contribution in [1.82, 2.24) is 10.2 Å². The van der Waals surface area contributed by atoms with Crippen molar-refractivity contribution in [3.8, 4) is 0 Å². The molecule has 0 aromatic heterocycles. The first-order valence-corrected chi connectivity index (χ1v) is 8.96. The number of nitrogens with one attached hydrogen (secondary N) is 1. The monoisotopic (exact) mass is 342 g/mol. The molecule has 1 fully saturated rings. The van der Waals surface area contributed by atoms with Gasteiger partial charge in [-0.3, -0.25) is 9.59 Å². The second kappa shape index (κ2) is 6.78. The molecular weight excluding hydrogens is 324 g/mol. The van der Waals surface area contributed by atoms with Gasteiger partial charge in [0.2, 0.25) is 11.8 Å². The Morgan fingerprint density at radius 2 is 2.18 bits per heavy atom. The summed E-state index contributed by atoms with van der Waals surface area (Å²) in [5.74, 6) is -1.50. The Balaban J connectivity index is 2.13. The third-order valence-electron chi connectivity index (χ3n) is 3.81. The molecule has 0 aliphatic carbocycles. The van der Waals surface area contributed by atoms with Crippen molar-refractivity contribution in [2.24, 2.45) is 5.92 Å². The van der Waals surface area contributed by atoms with Crippen LogP contribution in [0.25, 0.3) is 0 Å². The van der Waals surface area contributed by atoms with E-state index in [4.69, 9.17) is 0 Å². The minimum atomic E-state index is -1.08. The van der Waals surface area contributed by atoms with Crippen LogP contribution < -0.4 is 5.32 Å². The van der Waals surface area contributed by atoms with E-state index in [0.29, 0.717) is 11.3 Å². The van der Waals surface area contributed by atoms with Crippen LogP contribution in [0.15, 0.2) is 22.2 Å². The number of β-lactam (4-membered cyclic amide) rings is 1. The predicted octanol–water partition coefficient (Wildman–Crippen LogP) is 1.61. The maximum absolute atomic E-state index is 12.3. The molecule has 8 heteroatoms. The Kier molecular flexibility index (Phi) is 5.23. The van der Waals surface area contributed by atoms with E-state index < -0.39 is 5.97 Å². The number of fused-ring (bicyclic) bond motifs is 1. The third-order valence-corrected chi connectivity index (χ3v) is 5.77. The lowest BCUT2D eigenvalue weighted by Gasteiger charge is -2.45. The van der Waals surface area contributed by atoms with Crippen LogP contribution in [0.3, 0.4) is 0 Å². The molecule has 3 atom stereocenters. The molecule has 0 aromatic carbocycles. The van der Waals surface area contributed by atoms with Crippen LogP contribution in [-0.2, 0) is 14.4 Å².